The molecule has 7 aromatic carbocycles. The summed E-state index contributed by atoms with van der Waals surface area (Å²) in [5.41, 5.74) is 22.8. The molecule has 8 aromatic rings. The second-order valence-electron chi connectivity index (χ2n) is 16.3. The molecule has 2 aliphatic heterocycles. The molecule has 11 rings (SSSR count). The molecule has 0 amide bonds. The molecule has 3 aliphatic rings. The van der Waals surface area contributed by atoms with Gasteiger partial charge in [0, 0.05) is 50.6 Å². The fourth-order valence-corrected chi connectivity index (χ4v) is 10.1. The van der Waals surface area contributed by atoms with E-state index in [2.05, 4.69) is 201 Å². The third kappa shape index (κ3) is 5.02. The Hall–Kier alpha value is -6.72. The molecule has 0 bridgehead atoms. The van der Waals surface area contributed by atoms with Crippen molar-refractivity contribution in [2.24, 2.45) is 0 Å². The van der Waals surface area contributed by atoms with Crippen molar-refractivity contribution in [3.05, 3.63) is 191 Å². The second kappa shape index (κ2) is 13.2. The lowest BCUT2D eigenvalue weighted by Gasteiger charge is -2.48. The zero-order chi connectivity index (χ0) is 39.2. The molecule has 58 heavy (non-hydrogen) atoms. The number of allylic oxidation sites excluding steroid dienone is 3. The van der Waals surface area contributed by atoms with Crippen LogP contribution in [0.15, 0.2) is 173 Å². The van der Waals surface area contributed by atoms with Crippen molar-refractivity contribution in [3.63, 3.8) is 0 Å². The normalized spacial score (nSPS) is 14.4. The van der Waals surface area contributed by atoms with Crippen LogP contribution in [0.5, 0.6) is 0 Å². The van der Waals surface area contributed by atoms with Crippen LogP contribution in [-0.2, 0) is 0 Å². The average molecular weight is 750 g/mol. The Bertz CT molecular complexity index is 3050. The topological polar surface area (TPSA) is 22.9 Å². The van der Waals surface area contributed by atoms with Crippen molar-refractivity contribution in [1.82, 2.24) is 0 Å². The first-order chi connectivity index (χ1) is 28.4. The molecular formula is C53H44BN3O. The molecule has 0 radical (unpaired) electrons. The van der Waals surface area contributed by atoms with Gasteiger partial charge >= 0.3 is 0 Å². The highest BCUT2D eigenvalue weighted by Crippen LogP contribution is 2.52. The molecule has 1 aliphatic carbocycles. The summed E-state index contributed by atoms with van der Waals surface area (Å²) in [6, 6.07) is 53.4. The first kappa shape index (κ1) is 34.5. The summed E-state index contributed by atoms with van der Waals surface area (Å²) in [5, 5.41) is 2.25. The van der Waals surface area contributed by atoms with E-state index in [0.717, 1.165) is 57.4 Å². The average Bonchev–Trinajstić information content (AvgIpc) is 3.63. The summed E-state index contributed by atoms with van der Waals surface area (Å²) in [6.07, 6.45) is 4.61. The Labute approximate surface area is 341 Å². The van der Waals surface area contributed by atoms with Gasteiger partial charge in [0.25, 0.3) is 6.71 Å². The number of rotatable bonds is 5. The maximum Gasteiger partial charge on any atom is 0.251 e. The van der Waals surface area contributed by atoms with Crippen molar-refractivity contribution in [2.45, 2.75) is 47.5 Å². The molecule has 0 saturated carbocycles. The van der Waals surface area contributed by atoms with Gasteiger partial charge in [0.1, 0.15) is 5.58 Å². The van der Waals surface area contributed by atoms with Gasteiger partial charge in [-0.15, -0.1) is 0 Å². The smallest absolute Gasteiger partial charge is 0.251 e. The molecule has 0 fully saturated rings. The van der Waals surface area contributed by atoms with Gasteiger partial charge in [-0.25, -0.2) is 0 Å². The van der Waals surface area contributed by atoms with Gasteiger partial charge in [-0.3, -0.25) is 0 Å². The van der Waals surface area contributed by atoms with Crippen LogP contribution in [0, 0.1) is 27.7 Å². The van der Waals surface area contributed by atoms with Crippen LogP contribution in [0.2, 0.25) is 0 Å². The quantitative estimate of drug-likeness (QED) is 0.163. The Balaban J connectivity index is 1.30. The van der Waals surface area contributed by atoms with Gasteiger partial charge in [-0.2, -0.15) is 0 Å². The highest BCUT2D eigenvalue weighted by molar-refractivity contribution is 6.96. The van der Waals surface area contributed by atoms with E-state index >= 15 is 0 Å². The van der Waals surface area contributed by atoms with E-state index in [4.69, 9.17) is 4.42 Å². The van der Waals surface area contributed by atoms with Crippen molar-refractivity contribution in [3.8, 4) is 0 Å². The third-order valence-corrected chi connectivity index (χ3v) is 12.7. The minimum atomic E-state index is 0.0756. The van der Waals surface area contributed by atoms with E-state index in [-0.39, 0.29) is 6.71 Å². The Morgan fingerprint density at radius 3 is 1.88 bits per heavy atom. The van der Waals surface area contributed by atoms with Gasteiger partial charge in [-0.1, -0.05) is 109 Å². The lowest BCUT2D eigenvalue weighted by molar-refractivity contribution is 0.666. The Kier molecular flexibility index (Phi) is 7.84. The van der Waals surface area contributed by atoms with Gasteiger partial charge in [-0.05, 0) is 134 Å². The third-order valence-electron chi connectivity index (χ3n) is 12.7. The lowest BCUT2D eigenvalue weighted by atomic mass is 9.31. The molecule has 280 valence electrons. The van der Waals surface area contributed by atoms with Crippen LogP contribution in [0.1, 0.15) is 42.0 Å². The van der Waals surface area contributed by atoms with Crippen LogP contribution in [0.3, 0.4) is 0 Å². The number of furan rings is 1. The standard InChI is InChI=1S/C53H44BN3O/c1-33-17-9-11-28-44(33)56-47-31-39(55(38-22-7-6-8-23-38)46-30-16-25-41-40-24-13-21-37(5)52(40)58-53(41)46)32-48-49(47)54(42-26-14-19-35(3)50(42)56)43-27-15-20-36(4)51(43)57(48)45-29-12-10-18-34(45)2/h6-14,16-19,21-32H,15,20H2,1-5H3. The minimum Gasteiger partial charge on any atom is -0.454 e. The molecule has 0 atom stereocenters. The van der Waals surface area contributed by atoms with Crippen LogP contribution in [0.25, 0.3) is 21.9 Å². The Morgan fingerprint density at radius 1 is 0.534 bits per heavy atom. The molecule has 3 heterocycles. The van der Waals surface area contributed by atoms with Crippen molar-refractivity contribution >= 4 is 85.1 Å². The van der Waals surface area contributed by atoms with Gasteiger partial charge < -0.3 is 19.1 Å². The summed E-state index contributed by atoms with van der Waals surface area (Å²) >= 11 is 0. The maximum absolute atomic E-state index is 6.92. The number of aryl methyl sites for hydroxylation is 4. The predicted molar refractivity (Wildman–Crippen MR) is 246 cm³/mol. The van der Waals surface area contributed by atoms with Crippen LogP contribution < -0.4 is 25.6 Å². The van der Waals surface area contributed by atoms with Crippen molar-refractivity contribution < 1.29 is 4.42 Å². The number of hydrogen-bond donors (Lipinski definition) is 0. The number of hydrogen-bond acceptors (Lipinski definition) is 4. The SMILES string of the molecule is CC1=C2C(=CCC1)B1c3cccc(C)c3N(c3ccccc3C)c3cc(N(c4ccccc4)c4cccc5c4oc4c(C)cccc45)cc(c31)N2c1ccccc1C. The summed E-state index contributed by atoms with van der Waals surface area (Å²) < 4.78 is 6.92. The van der Waals surface area contributed by atoms with E-state index in [0.29, 0.717) is 0 Å². The lowest BCUT2D eigenvalue weighted by Crippen LogP contribution is -2.57. The van der Waals surface area contributed by atoms with E-state index in [9.17, 15) is 0 Å². The van der Waals surface area contributed by atoms with Gasteiger partial charge in [0.2, 0.25) is 0 Å². The number of fused-ring (bicyclic) bond motifs is 7. The molecule has 0 N–H and O–H groups in total. The molecule has 4 nitrogen and oxygen atoms in total. The predicted octanol–water partition coefficient (Wildman–Crippen LogP) is 13.4. The highest BCUT2D eigenvalue weighted by Gasteiger charge is 2.47. The van der Waals surface area contributed by atoms with Gasteiger partial charge in [0.05, 0.1) is 11.4 Å². The monoisotopic (exact) mass is 749 g/mol. The first-order valence-corrected chi connectivity index (χ1v) is 20.5. The van der Waals surface area contributed by atoms with E-state index in [1.165, 1.54) is 72.8 Å². The highest BCUT2D eigenvalue weighted by atomic mass is 16.3. The number of nitrogens with zero attached hydrogens (tertiary/aromatic N) is 3. The number of benzene rings is 7. The zero-order valence-corrected chi connectivity index (χ0v) is 33.7. The number of anilines is 8. The van der Waals surface area contributed by atoms with E-state index < -0.39 is 0 Å². The molecule has 1 aromatic heterocycles. The van der Waals surface area contributed by atoms with Crippen LogP contribution >= 0.6 is 0 Å². The van der Waals surface area contributed by atoms with Crippen molar-refractivity contribution in [2.75, 3.05) is 14.7 Å². The van der Waals surface area contributed by atoms with Crippen LogP contribution in [0.4, 0.5) is 45.5 Å². The van der Waals surface area contributed by atoms with E-state index in [1.54, 1.807) is 0 Å². The zero-order valence-electron chi connectivity index (χ0n) is 33.7. The molecule has 0 saturated heterocycles. The summed E-state index contributed by atoms with van der Waals surface area (Å²) in [5.74, 6) is 0. The van der Waals surface area contributed by atoms with E-state index in [1.807, 2.05) is 0 Å². The summed E-state index contributed by atoms with van der Waals surface area (Å²) in [4.78, 5) is 7.58. The second-order valence-corrected chi connectivity index (χ2v) is 16.3. The molecule has 0 spiro atoms. The fourth-order valence-electron chi connectivity index (χ4n) is 10.1. The minimum absolute atomic E-state index is 0.0756. The summed E-state index contributed by atoms with van der Waals surface area (Å²) in [6.45, 7) is 11.3. The first-order valence-electron chi connectivity index (χ1n) is 20.5. The largest absolute Gasteiger partial charge is 0.454 e. The number of para-hydroxylation sites is 6. The van der Waals surface area contributed by atoms with Crippen molar-refractivity contribution in [1.29, 1.82) is 0 Å². The molecular weight excluding hydrogens is 705 g/mol. The maximum atomic E-state index is 6.92. The molecule has 5 heteroatoms. The Morgan fingerprint density at radius 2 is 1.14 bits per heavy atom. The fraction of sp³-hybridized carbons (Fsp3) is 0.132. The molecule has 0 unspecified atom stereocenters. The van der Waals surface area contributed by atoms with Gasteiger partial charge in [0.15, 0.2) is 5.58 Å². The van der Waals surface area contributed by atoms with Crippen LogP contribution in [-0.4, -0.2) is 6.71 Å². The summed E-state index contributed by atoms with van der Waals surface area (Å²) in [7, 11) is 0.